The summed E-state index contributed by atoms with van der Waals surface area (Å²) in [6, 6.07) is 11.1. The van der Waals surface area contributed by atoms with Crippen LogP contribution in [0.1, 0.15) is 38.3 Å². The summed E-state index contributed by atoms with van der Waals surface area (Å²) in [7, 11) is 0. The number of thioether (sulfide) groups is 1. The zero-order valence-corrected chi connectivity index (χ0v) is 13.0. The fourth-order valence-electron chi connectivity index (χ4n) is 2.27. The van der Waals surface area contributed by atoms with E-state index in [1.54, 1.807) is 0 Å². The van der Waals surface area contributed by atoms with Gasteiger partial charge < -0.3 is 10.3 Å². The Hall–Kier alpha value is -1.26. The van der Waals surface area contributed by atoms with Gasteiger partial charge in [0.15, 0.2) is 5.16 Å². The minimum absolute atomic E-state index is 0.358. The molecule has 20 heavy (non-hydrogen) atoms. The van der Waals surface area contributed by atoms with Crippen molar-refractivity contribution in [3.8, 4) is 0 Å². The lowest BCUT2D eigenvalue weighted by molar-refractivity contribution is 0.504. The highest BCUT2D eigenvalue weighted by molar-refractivity contribution is 7.99. The number of rotatable bonds is 8. The predicted octanol–water partition coefficient (Wildman–Crippen LogP) is 4.02. The third-order valence-electron chi connectivity index (χ3n) is 3.28. The van der Waals surface area contributed by atoms with Crippen molar-refractivity contribution in [2.45, 2.75) is 43.1 Å². The average molecular weight is 289 g/mol. The van der Waals surface area contributed by atoms with Gasteiger partial charge in [-0.1, -0.05) is 55.9 Å². The van der Waals surface area contributed by atoms with E-state index in [1.807, 2.05) is 24.2 Å². The fourth-order valence-corrected chi connectivity index (χ4v) is 3.37. The van der Waals surface area contributed by atoms with Crippen LogP contribution in [0, 0.1) is 0 Å². The molecule has 0 fully saturated rings. The standard InChI is InChI=1S/C16H23N3S/c1-3-10-17-15(13-8-6-5-7-9-13)14(4-2)20-16-18-11-12-19-16/h5-9,11-12,14-15,17H,3-4,10H2,1-2H3,(H,18,19). The molecule has 2 aromatic rings. The number of aromatic amines is 1. The molecule has 0 aliphatic carbocycles. The van der Waals surface area contributed by atoms with Crippen LogP contribution in [0.25, 0.3) is 0 Å². The number of nitrogens with one attached hydrogen (secondary N) is 2. The van der Waals surface area contributed by atoms with Crippen LogP contribution in [0.2, 0.25) is 0 Å². The van der Waals surface area contributed by atoms with Crippen LogP contribution < -0.4 is 5.32 Å². The molecule has 0 bridgehead atoms. The van der Waals surface area contributed by atoms with Crippen molar-refractivity contribution in [1.29, 1.82) is 0 Å². The van der Waals surface area contributed by atoms with Gasteiger partial charge in [-0.25, -0.2) is 4.98 Å². The molecule has 2 rings (SSSR count). The molecule has 0 saturated heterocycles. The lowest BCUT2D eigenvalue weighted by atomic mass is 10.0. The zero-order chi connectivity index (χ0) is 14.2. The Balaban J connectivity index is 2.14. The number of hydrogen-bond acceptors (Lipinski definition) is 3. The lowest BCUT2D eigenvalue weighted by Crippen LogP contribution is -2.30. The number of H-pyrrole nitrogens is 1. The Kier molecular flexibility index (Phi) is 6.15. The molecule has 2 N–H and O–H groups in total. The molecule has 0 saturated carbocycles. The number of hydrogen-bond donors (Lipinski definition) is 2. The van der Waals surface area contributed by atoms with Crippen LogP contribution in [-0.4, -0.2) is 21.8 Å². The smallest absolute Gasteiger partial charge is 0.165 e. The summed E-state index contributed by atoms with van der Waals surface area (Å²) in [6.07, 6.45) is 5.94. The van der Waals surface area contributed by atoms with Crippen molar-refractivity contribution >= 4 is 11.8 Å². The third-order valence-corrected chi connectivity index (χ3v) is 4.64. The number of benzene rings is 1. The summed E-state index contributed by atoms with van der Waals surface area (Å²) in [5.74, 6) is 0. The van der Waals surface area contributed by atoms with Crippen LogP contribution in [0.15, 0.2) is 47.9 Å². The molecule has 1 aromatic heterocycles. The topological polar surface area (TPSA) is 40.7 Å². The van der Waals surface area contributed by atoms with E-state index in [4.69, 9.17) is 0 Å². The maximum absolute atomic E-state index is 4.34. The van der Waals surface area contributed by atoms with Crippen LogP contribution in [-0.2, 0) is 0 Å². The van der Waals surface area contributed by atoms with E-state index in [1.165, 1.54) is 5.56 Å². The van der Waals surface area contributed by atoms with Gasteiger partial charge in [0.1, 0.15) is 0 Å². The first kappa shape index (κ1) is 15.1. The molecule has 0 amide bonds. The van der Waals surface area contributed by atoms with Gasteiger partial charge in [0.25, 0.3) is 0 Å². The highest BCUT2D eigenvalue weighted by Crippen LogP contribution is 2.32. The monoisotopic (exact) mass is 289 g/mol. The van der Waals surface area contributed by atoms with E-state index in [2.05, 4.69) is 59.5 Å². The summed E-state index contributed by atoms with van der Waals surface area (Å²) in [6.45, 7) is 5.48. The first-order valence-electron chi connectivity index (χ1n) is 7.29. The summed E-state index contributed by atoms with van der Waals surface area (Å²) in [4.78, 5) is 7.53. The first-order valence-corrected chi connectivity index (χ1v) is 8.17. The lowest BCUT2D eigenvalue weighted by Gasteiger charge is -2.26. The minimum atomic E-state index is 0.358. The van der Waals surface area contributed by atoms with Gasteiger partial charge >= 0.3 is 0 Å². The van der Waals surface area contributed by atoms with Crippen molar-refractivity contribution in [2.24, 2.45) is 0 Å². The molecule has 0 aliphatic heterocycles. The first-order chi connectivity index (χ1) is 9.85. The van der Waals surface area contributed by atoms with Crippen molar-refractivity contribution in [3.05, 3.63) is 48.3 Å². The van der Waals surface area contributed by atoms with Gasteiger partial charge in [-0.3, -0.25) is 0 Å². The molecule has 2 unspecified atom stereocenters. The molecular formula is C16H23N3S. The second-order valence-corrected chi connectivity index (χ2v) is 6.03. The minimum Gasteiger partial charge on any atom is -0.340 e. The van der Waals surface area contributed by atoms with Gasteiger partial charge in [-0.2, -0.15) is 0 Å². The molecule has 0 radical (unpaired) electrons. The van der Waals surface area contributed by atoms with Crippen molar-refractivity contribution in [2.75, 3.05) is 6.54 Å². The van der Waals surface area contributed by atoms with Crippen molar-refractivity contribution in [3.63, 3.8) is 0 Å². The molecule has 4 heteroatoms. The Bertz CT molecular complexity index is 470. The van der Waals surface area contributed by atoms with Gasteiger partial charge in [-0.05, 0) is 24.9 Å². The summed E-state index contributed by atoms with van der Waals surface area (Å²) in [5, 5.41) is 5.15. The van der Waals surface area contributed by atoms with E-state index in [0.717, 1.165) is 24.5 Å². The van der Waals surface area contributed by atoms with Gasteiger partial charge in [0, 0.05) is 23.7 Å². The number of imidazole rings is 1. The van der Waals surface area contributed by atoms with Crippen LogP contribution in [0.5, 0.6) is 0 Å². The predicted molar refractivity (Wildman–Crippen MR) is 86.0 cm³/mol. The quantitative estimate of drug-likeness (QED) is 0.721. The SMILES string of the molecule is CCCNC(c1ccccc1)C(CC)Sc1ncc[nH]1. The molecule has 0 spiro atoms. The van der Waals surface area contributed by atoms with Gasteiger partial charge in [-0.15, -0.1) is 0 Å². The Morgan fingerprint density at radius 3 is 2.65 bits per heavy atom. The maximum atomic E-state index is 4.34. The normalized spacial score (nSPS) is 14.1. The van der Waals surface area contributed by atoms with Crippen molar-refractivity contribution in [1.82, 2.24) is 15.3 Å². The Morgan fingerprint density at radius 1 is 1.25 bits per heavy atom. The second-order valence-electron chi connectivity index (χ2n) is 4.80. The highest BCUT2D eigenvalue weighted by Gasteiger charge is 2.22. The summed E-state index contributed by atoms with van der Waals surface area (Å²) in [5.41, 5.74) is 1.35. The number of aromatic nitrogens is 2. The van der Waals surface area contributed by atoms with Crippen molar-refractivity contribution < 1.29 is 0 Å². The molecular weight excluding hydrogens is 266 g/mol. The van der Waals surface area contributed by atoms with Crippen LogP contribution in [0.3, 0.4) is 0 Å². The molecule has 1 heterocycles. The maximum Gasteiger partial charge on any atom is 0.165 e. The number of nitrogens with zero attached hydrogens (tertiary/aromatic N) is 1. The molecule has 3 nitrogen and oxygen atoms in total. The van der Waals surface area contributed by atoms with Crippen LogP contribution in [0.4, 0.5) is 0 Å². The Labute approximate surface area is 125 Å². The summed E-state index contributed by atoms with van der Waals surface area (Å²) >= 11 is 1.82. The third kappa shape index (κ3) is 4.12. The molecule has 1 aromatic carbocycles. The Morgan fingerprint density at radius 2 is 2.05 bits per heavy atom. The molecule has 108 valence electrons. The summed E-state index contributed by atoms with van der Waals surface area (Å²) < 4.78 is 0. The largest absolute Gasteiger partial charge is 0.340 e. The zero-order valence-electron chi connectivity index (χ0n) is 12.2. The fraction of sp³-hybridized carbons (Fsp3) is 0.438. The van der Waals surface area contributed by atoms with E-state index >= 15 is 0 Å². The van der Waals surface area contributed by atoms with Gasteiger partial charge in [0.05, 0.1) is 0 Å². The molecule has 0 aliphatic rings. The molecule has 2 atom stereocenters. The highest BCUT2D eigenvalue weighted by atomic mass is 32.2. The van der Waals surface area contributed by atoms with E-state index in [-0.39, 0.29) is 0 Å². The van der Waals surface area contributed by atoms with Crippen LogP contribution >= 0.6 is 11.8 Å². The van der Waals surface area contributed by atoms with E-state index < -0.39 is 0 Å². The average Bonchev–Trinajstić information content (AvgIpc) is 3.00. The van der Waals surface area contributed by atoms with Gasteiger partial charge in [0.2, 0.25) is 0 Å². The van der Waals surface area contributed by atoms with E-state index in [0.29, 0.717) is 11.3 Å². The van der Waals surface area contributed by atoms with E-state index in [9.17, 15) is 0 Å². The second kappa shape index (κ2) is 8.12.